The van der Waals surface area contributed by atoms with Crippen LogP contribution in [-0.2, 0) is 0 Å². The van der Waals surface area contributed by atoms with E-state index in [9.17, 15) is 0 Å². The molecule has 21 heavy (non-hydrogen) atoms. The number of anilines is 2. The molecule has 0 radical (unpaired) electrons. The third-order valence-electron chi connectivity index (χ3n) is 4.39. The molecule has 0 aromatic carbocycles. The van der Waals surface area contributed by atoms with Gasteiger partial charge in [0.05, 0.1) is 10.4 Å². The maximum Gasteiger partial charge on any atom is 0.213 e. The van der Waals surface area contributed by atoms with Gasteiger partial charge in [0.1, 0.15) is 0 Å². The zero-order valence-corrected chi connectivity index (χ0v) is 13.4. The highest BCUT2D eigenvalue weighted by molar-refractivity contribution is 6.36. The first-order valence-corrected chi connectivity index (χ1v) is 6.76. The van der Waals surface area contributed by atoms with Crippen LogP contribution in [0.4, 0.5) is 11.6 Å². The van der Waals surface area contributed by atoms with Gasteiger partial charge < -0.3 is 20.9 Å². The molecule has 2 fully saturated rings. The first-order valence-electron chi connectivity index (χ1n) is 6.38. The molecule has 2 bridgehead atoms. The van der Waals surface area contributed by atoms with Crippen molar-refractivity contribution in [1.82, 2.24) is 10.1 Å². The number of piperidine rings is 1. The van der Waals surface area contributed by atoms with Crippen molar-refractivity contribution in [1.29, 1.82) is 0 Å². The average molecular weight is 353 g/mol. The van der Waals surface area contributed by atoms with Crippen LogP contribution < -0.4 is 16.4 Å². The number of rotatable bonds is 1. The number of fused-ring (bicyclic) bond motifs is 3. The Morgan fingerprint density at radius 3 is 2.71 bits per heavy atom. The topological polar surface area (TPSA) is 94.2 Å². The second-order valence-electron chi connectivity index (χ2n) is 5.34. The Balaban J connectivity index is 0.000000807. The fourth-order valence-corrected chi connectivity index (χ4v) is 3.65. The maximum absolute atomic E-state index is 6.22. The summed E-state index contributed by atoms with van der Waals surface area (Å²) in [5, 5.41) is 4.90. The summed E-state index contributed by atoms with van der Waals surface area (Å²) in [5.74, 6) is 1.60. The maximum atomic E-state index is 6.22. The number of hydrogen-bond acceptors (Lipinski definition) is 6. The quantitative estimate of drug-likeness (QED) is 0.817. The highest BCUT2D eigenvalue weighted by atomic mass is 35.5. The van der Waals surface area contributed by atoms with E-state index in [-0.39, 0.29) is 30.9 Å². The molecule has 3 heterocycles. The van der Waals surface area contributed by atoms with Gasteiger partial charge in [-0.1, -0.05) is 16.8 Å². The predicted octanol–water partition coefficient (Wildman–Crippen LogP) is 2.23. The second kappa shape index (κ2) is 5.68. The molecular formula is C12H16Cl3N5O. The number of nitrogen functional groups attached to an aromatic ring is 1. The summed E-state index contributed by atoms with van der Waals surface area (Å²) in [6, 6.07) is 0.543. The summed E-state index contributed by atoms with van der Waals surface area (Å²) in [7, 11) is 0. The first kappa shape index (κ1) is 16.4. The van der Waals surface area contributed by atoms with Crippen LogP contribution in [0.15, 0.2) is 10.7 Å². The molecule has 9 heteroatoms. The minimum Gasteiger partial charge on any atom is -0.380 e. The minimum absolute atomic E-state index is 0. The zero-order valence-electron chi connectivity index (χ0n) is 11.0. The van der Waals surface area contributed by atoms with Gasteiger partial charge in [-0.2, -0.15) is 0 Å². The Labute approximate surface area is 139 Å². The van der Waals surface area contributed by atoms with Gasteiger partial charge in [-0.05, 0) is 18.8 Å². The highest BCUT2D eigenvalue weighted by Gasteiger charge is 2.46. The van der Waals surface area contributed by atoms with Crippen molar-refractivity contribution in [2.24, 2.45) is 11.7 Å². The monoisotopic (exact) mass is 351 g/mol. The fourth-order valence-electron chi connectivity index (χ4n) is 3.42. The van der Waals surface area contributed by atoms with Crippen LogP contribution in [0.1, 0.15) is 12.8 Å². The molecule has 0 spiro atoms. The zero-order chi connectivity index (χ0) is 13.1. The smallest absolute Gasteiger partial charge is 0.213 e. The lowest BCUT2D eigenvalue weighted by atomic mass is 10.1. The van der Waals surface area contributed by atoms with E-state index in [2.05, 4.69) is 15.0 Å². The SMILES string of the molecule is Cl.Cl.Nc1noc2c(N3CC4CCC3C4N)ncc(Cl)c12. The molecule has 2 aromatic heterocycles. The molecule has 1 aliphatic carbocycles. The molecule has 4 rings (SSSR count). The van der Waals surface area contributed by atoms with Gasteiger partial charge in [0, 0.05) is 24.8 Å². The Kier molecular flexibility index (Phi) is 4.44. The van der Waals surface area contributed by atoms with Gasteiger partial charge in [0.2, 0.25) is 5.58 Å². The van der Waals surface area contributed by atoms with Gasteiger partial charge in [-0.3, -0.25) is 0 Å². The van der Waals surface area contributed by atoms with Gasteiger partial charge >= 0.3 is 0 Å². The number of halogens is 3. The molecule has 6 nitrogen and oxygen atoms in total. The molecule has 4 N–H and O–H groups in total. The second-order valence-corrected chi connectivity index (χ2v) is 5.74. The van der Waals surface area contributed by atoms with E-state index in [1.165, 1.54) is 6.42 Å². The van der Waals surface area contributed by atoms with Crippen LogP contribution in [-0.4, -0.2) is 28.8 Å². The third-order valence-corrected chi connectivity index (χ3v) is 4.67. The van der Waals surface area contributed by atoms with Crippen molar-refractivity contribution in [3.63, 3.8) is 0 Å². The van der Waals surface area contributed by atoms with Gasteiger partial charge in [-0.25, -0.2) is 4.98 Å². The van der Waals surface area contributed by atoms with Gasteiger partial charge in [-0.15, -0.1) is 24.8 Å². The van der Waals surface area contributed by atoms with Crippen LogP contribution in [0.5, 0.6) is 0 Å². The Bertz CT molecular complexity index is 664. The van der Waals surface area contributed by atoms with Crippen molar-refractivity contribution in [2.45, 2.75) is 24.9 Å². The predicted molar refractivity (Wildman–Crippen MR) is 87.6 cm³/mol. The average Bonchev–Trinajstić information content (AvgIpc) is 3.05. The Hall–Kier alpha value is -0.950. The number of nitrogens with zero attached hydrogens (tertiary/aromatic N) is 3. The molecule has 3 unspecified atom stereocenters. The molecule has 1 saturated heterocycles. The van der Waals surface area contributed by atoms with Crippen molar-refractivity contribution in [3.05, 3.63) is 11.2 Å². The molecule has 1 saturated carbocycles. The van der Waals surface area contributed by atoms with E-state index in [1.807, 2.05) is 0 Å². The molecule has 1 aliphatic heterocycles. The van der Waals surface area contributed by atoms with Gasteiger partial charge in [0.15, 0.2) is 11.6 Å². The largest absolute Gasteiger partial charge is 0.380 e. The van der Waals surface area contributed by atoms with E-state index < -0.39 is 0 Å². The molecule has 0 amide bonds. The van der Waals surface area contributed by atoms with Crippen LogP contribution in [0.3, 0.4) is 0 Å². The van der Waals surface area contributed by atoms with E-state index >= 15 is 0 Å². The normalized spacial score (nSPS) is 26.8. The van der Waals surface area contributed by atoms with Crippen LogP contribution in [0.25, 0.3) is 11.0 Å². The summed E-state index contributed by atoms with van der Waals surface area (Å²) in [4.78, 5) is 6.61. The van der Waals surface area contributed by atoms with E-state index in [0.717, 1.165) is 18.8 Å². The number of nitrogens with two attached hydrogens (primary N) is 2. The summed E-state index contributed by atoms with van der Waals surface area (Å²) >= 11 is 6.10. The number of aromatic nitrogens is 2. The summed E-state index contributed by atoms with van der Waals surface area (Å²) in [6.07, 6.45) is 3.89. The standard InChI is InChI=1S/C12H14ClN5O.2ClH/c13-6-3-16-12(10-8(6)11(15)17-19-10)18-4-5-1-2-7(18)9(5)14;;/h3,5,7,9H,1-2,4,14H2,(H2,15,17);2*1H. The van der Waals surface area contributed by atoms with Gasteiger partial charge in [0.25, 0.3) is 0 Å². The Morgan fingerprint density at radius 2 is 2.10 bits per heavy atom. The highest BCUT2D eigenvalue weighted by Crippen LogP contribution is 2.42. The lowest BCUT2D eigenvalue weighted by molar-refractivity contribution is 0.457. The van der Waals surface area contributed by atoms with Crippen molar-refractivity contribution < 1.29 is 4.52 Å². The first-order chi connectivity index (χ1) is 9.16. The van der Waals surface area contributed by atoms with Crippen LogP contribution in [0.2, 0.25) is 5.02 Å². The molecule has 2 aromatic rings. The van der Waals surface area contributed by atoms with E-state index in [0.29, 0.717) is 33.8 Å². The van der Waals surface area contributed by atoms with Crippen LogP contribution >= 0.6 is 36.4 Å². The summed E-state index contributed by atoms with van der Waals surface area (Å²) < 4.78 is 5.31. The third kappa shape index (κ3) is 2.21. The number of pyridine rings is 1. The summed E-state index contributed by atoms with van der Waals surface area (Å²) in [5.41, 5.74) is 12.6. The van der Waals surface area contributed by atoms with E-state index in [4.69, 9.17) is 27.6 Å². The molecule has 2 aliphatic rings. The molecular weight excluding hydrogens is 337 g/mol. The lowest BCUT2D eigenvalue weighted by Gasteiger charge is -2.27. The van der Waals surface area contributed by atoms with Crippen LogP contribution in [0, 0.1) is 5.92 Å². The van der Waals surface area contributed by atoms with Crippen molar-refractivity contribution >= 4 is 59.0 Å². The fraction of sp³-hybridized carbons (Fsp3) is 0.500. The summed E-state index contributed by atoms with van der Waals surface area (Å²) in [6.45, 7) is 0.913. The van der Waals surface area contributed by atoms with E-state index in [1.54, 1.807) is 6.20 Å². The molecule has 116 valence electrons. The lowest BCUT2D eigenvalue weighted by Crippen LogP contribution is -2.38. The molecule has 3 atom stereocenters. The van der Waals surface area contributed by atoms with Crippen molar-refractivity contribution in [3.8, 4) is 0 Å². The van der Waals surface area contributed by atoms with Crippen molar-refractivity contribution in [2.75, 3.05) is 17.2 Å². The Morgan fingerprint density at radius 1 is 1.33 bits per heavy atom. The minimum atomic E-state index is 0. The number of hydrogen-bond donors (Lipinski definition) is 2.